The number of nitrogens with one attached hydrogen (secondary N) is 1. The summed E-state index contributed by atoms with van der Waals surface area (Å²) in [7, 11) is 0. The average molecular weight is 353 g/mol. The highest BCUT2D eigenvalue weighted by atomic mass is 16.5. The van der Waals surface area contributed by atoms with Crippen LogP contribution in [0.15, 0.2) is 30.6 Å². The molecule has 4 bridgehead atoms. The van der Waals surface area contributed by atoms with Gasteiger partial charge in [0.05, 0.1) is 5.69 Å². The third-order valence-corrected chi connectivity index (χ3v) is 6.24. The quantitative estimate of drug-likeness (QED) is 0.890. The number of hydrogen-bond acceptors (Lipinski definition) is 5. The predicted octanol–water partition coefficient (Wildman–Crippen LogP) is 2.13. The minimum absolute atomic E-state index is 0.0141. The summed E-state index contributed by atoms with van der Waals surface area (Å²) in [6.07, 6.45) is 9.10. The number of ether oxygens (including phenoxy) is 1. The fourth-order valence-corrected chi connectivity index (χ4v) is 5.74. The minimum atomic E-state index is -0.0141. The summed E-state index contributed by atoms with van der Waals surface area (Å²) in [6.45, 7) is 0.0425. The van der Waals surface area contributed by atoms with Crippen molar-refractivity contribution in [1.29, 1.82) is 0 Å². The molecule has 136 valence electrons. The molecule has 0 unspecified atom stereocenters. The second-order valence-corrected chi connectivity index (χ2v) is 8.29. The molecule has 7 heteroatoms. The van der Waals surface area contributed by atoms with Crippen LogP contribution in [0.4, 0.5) is 0 Å². The van der Waals surface area contributed by atoms with Gasteiger partial charge >= 0.3 is 0 Å². The molecule has 0 aliphatic heterocycles. The van der Waals surface area contributed by atoms with Crippen LogP contribution in [0.3, 0.4) is 0 Å². The van der Waals surface area contributed by atoms with Crippen molar-refractivity contribution in [3.05, 3.63) is 30.6 Å². The summed E-state index contributed by atoms with van der Waals surface area (Å²) in [5, 5.41) is 14.5. The van der Waals surface area contributed by atoms with Gasteiger partial charge in [-0.15, -0.1) is 5.10 Å². The molecule has 1 amide bonds. The zero-order valence-electron chi connectivity index (χ0n) is 14.7. The first-order valence-electron chi connectivity index (χ1n) is 9.45. The van der Waals surface area contributed by atoms with Crippen molar-refractivity contribution in [1.82, 2.24) is 25.5 Å². The van der Waals surface area contributed by atoms with Gasteiger partial charge in [0.25, 0.3) is 5.91 Å². The van der Waals surface area contributed by atoms with Gasteiger partial charge in [-0.1, -0.05) is 6.07 Å². The van der Waals surface area contributed by atoms with E-state index in [4.69, 9.17) is 4.74 Å². The van der Waals surface area contributed by atoms with Crippen molar-refractivity contribution in [2.75, 3.05) is 6.61 Å². The van der Waals surface area contributed by atoms with E-state index in [1.807, 2.05) is 24.3 Å². The lowest BCUT2D eigenvalue weighted by molar-refractivity contribution is -0.128. The Morgan fingerprint density at radius 1 is 1.19 bits per heavy atom. The minimum Gasteiger partial charge on any atom is -0.484 e. The van der Waals surface area contributed by atoms with Crippen molar-refractivity contribution in [3.8, 4) is 11.4 Å². The number of nitrogens with zero attached hydrogens (tertiary/aromatic N) is 4. The number of benzene rings is 1. The maximum Gasteiger partial charge on any atom is 0.258 e. The Hall–Kier alpha value is -2.44. The van der Waals surface area contributed by atoms with Crippen molar-refractivity contribution in [2.45, 2.75) is 44.1 Å². The number of aromatic nitrogens is 4. The number of carbonyl (C=O) groups is 1. The van der Waals surface area contributed by atoms with Gasteiger partial charge in [0.15, 0.2) is 6.61 Å². The zero-order valence-corrected chi connectivity index (χ0v) is 14.7. The fraction of sp³-hybridized carbons (Fsp3) is 0.579. The largest absolute Gasteiger partial charge is 0.484 e. The second-order valence-electron chi connectivity index (χ2n) is 8.29. The molecule has 4 fully saturated rings. The van der Waals surface area contributed by atoms with Gasteiger partial charge < -0.3 is 10.1 Å². The monoisotopic (exact) mass is 353 g/mol. The highest BCUT2D eigenvalue weighted by Crippen LogP contribution is 2.55. The Labute approximate surface area is 152 Å². The molecule has 0 saturated heterocycles. The van der Waals surface area contributed by atoms with Gasteiger partial charge in [0, 0.05) is 11.6 Å². The molecule has 1 aromatic carbocycles. The first-order chi connectivity index (χ1) is 12.7. The van der Waals surface area contributed by atoms with E-state index in [0.717, 1.165) is 42.7 Å². The fourth-order valence-electron chi connectivity index (χ4n) is 5.74. The molecule has 1 aromatic heterocycles. The van der Waals surface area contributed by atoms with Crippen LogP contribution in [0, 0.1) is 17.8 Å². The Bertz CT molecular complexity index is 769. The molecule has 7 nitrogen and oxygen atoms in total. The van der Waals surface area contributed by atoms with Crippen LogP contribution in [-0.2, 0) is 4.79 Å². The Morgan fingerprint density at radius 3 is 2.58 bits per heavy atom. The number of tetrazole rings is 1. The lowest BCUT2D eigenvalue weighted by Gasteiger charge is -2.56. The van der Waals surface area contributed by atoms with Gasteiger partial charge in [-0.05, 0) is 78.8 Å². The normalized spacial score (nSPS) is 31.8. The third-order valence-electron chi connectivity index (χ3n) is 6.24. The third kappa shape index (κ3) is 2.95. The van der Waals surface area contributed by atoms with E-state index in [1.165, 1.54) is 25.6 Å². The van der Waals surface area contributed by atoms with E-state index >= 15 is 0 Å². The van der Waals surface area contributed by atoms with Crippen LogP contribution in [-0.4, -0.2) is 38.3 Å². The highest BCUT2D eigenvalue weighted by Gasteiger charge is 2.51. The highest BCUT2D eigenvalue weighted by molar-refractivity contribution is 5.78. The number of rotatable bonds is 5. The van der Waals surface area contributed by atoms with Gasteiger partial charge in [-0.3, -0.25) is 4.79 Å². The summed E-state index contributed by atoms with van der Waals surface area (Å²) in [5.41, 5.74) is 0.831. The molecule has 0 radical (unpaired) electrons. The lowest BCUT2D eigenvalue weighted by Crippen LogP contribution is -2.60. The molecule has 4 aliphatic rings. The zero-order chi connectivity index (χ0) is 17.6. The molecule has 1 heterocycles. The maximum atomic E-state index is 12.5. The van der Waals surface area contributed by atoms with E-state index < -0.39 is 0 Å². The SMILES string of the molecule is O=C(COc1cccc(-n2cnnn2)c1)NC12CC3CC(CC(C3)C1)C2. The summed E-state index contributed by atoms with van der Waals surface area (Å²) < 4.78 is 7.28. The first kappa shape index (κ1) is 15.8. The van der Waals surface area contributed by atoms with Crippen LogP contribution in [0.5, 0.6) is 5.75 Å². The summed E-state index contributed by atoms with van der Waals surface area (Å²) >= 11 is 0. The smallest absolute Gasteiger partial charge is 0.258 e. The average Bonchev–Trinajstić information content (AvgIpc) is 3.13. The molecule has 2 aromatic rings. The van der Waals surface area contributed by atoms with Crippen molar-refractivity contribution < 1.29 is 9.53 Å². The Balaban J connectivity index is 1.21. The van der Waals surface area contributed by atoms with Crippen LogP contribution >= 0.6 is 0 Å². The van der Waals surface area contributed by atoms with Crippen LogP contribution in [0.25, 0.3) is 5.69 Å². The molecule has 26 heavy (non-hydrogen) atoms. The maximum absolute atomic E-state index is 12.5. The van der Waals surface area contributed by atoms with E-state index in [2.05, 4.69) is 20.8 Å². The van der Waals surface area contributed by atoms with E-state index in [1.54, 1.807) is 4.68 Å². The summed E-state index contributed by atoms with van der Waals surface area (Å²) in [4.78, 5) is 12.5. The van der Waals surface area contributed by atoms with Gasteiger partial charge in [0.1, 0.15) is 12.1 Å². The molecular formula is C19H23N5O2. The number of carbonyl (C=O) groups excluding carboxylic acids is 1. The first-order valence-corrected chi connectivity index (χ1v) is 9.45. The van der Waals surface area contributed by atoms with Crippen LogP contribution < -0.4 is 10.1 Å². The van der Waals surface area contributed by atoms with E-state index in [-0.39, 0.29) is 18.1 Å². The Morgan fingerprint density at radius 2 is 1.92 bits per heavy atom. The topological polar surface area (TPSA) is 81.9 Å². The van der Waals surface area contributed by atoms with E-state index in [0.29, 0.717) is 5.75 Å². The van der Waals surface area contributed by atoms with Gasteiger partial charge in [-0.25, -0.2) is 4.68 Å². The van der Waals surface area contributed by atoms with Crippen molar-refractivity contribution >= 4 is 5.91 Å². The van der Waals surface area contributed by atoms with Gasteiger partial charge in [-0.2, -0.15) is 0 Å². The standard InChI is InChI=1S/C19H23N5O2/c25-18(21-19-8-13-4-14(9-19)6-15(5-13)10-19)11-26-17-3-1-2-16(7-17)24-12-20-22-23-24/h1-3,7,12-15H,4-6,8-11H2,(H,21,25). The Kier molecular flexibility index (Phi) is 3.69. The second kappa shape index (κ2) is 6.07. The number of hydrogen-bond donors (Lipinski definition) is 1. The number of amides is 1. The molecular weight excluding hydrogens is 330 g/mol. The predicted molar refractivity (Wildman–Crippen MR) is 93.7 cm³/mol. The van der Waals surface area contributed by atoms with E-state index in [9.17, 15) is 4.79 Å². The summed E-state index contributed by atoms with van der Waals surface area (Å²) in [6, 6.07) is 7.42. The van der Waals surface area contributed by atoms with Crippen LogP contribution in [0.2, 0.25) is 0 Å². The lowest BCUT2D eigenvalue weighted by atomic mass is 9.53. The molecule has 4 aliphatic carbocycles. The molecule has 1 N–H and O–H groups in total. The molecule has 6 rings (SSSR count). The van der Waals surface area contributed by atoms with Crippen molar-refractivity contribution in [3.63, 3.8) is 0 Å². The molecule has 0 atom stereocenters. The van der Waals surface area contributed by atoms with Crippen molar-refractivity contribution in [2.24, 2.45) is 17.8 Å². The molecule has 0 spiro atoms. The van der Waals surface area contributed by atoms with Gasteiger partial charge in [0.2, 0.25) is 0 Å². The summed E-state index contributed by atoms with van der Waals surface area (Å²) in [5.74, 6) is 3.07. The molecule has 4 saturated carbocycles. The van der Waals surface area contributed by atoms with Crippen LogP contribution in [0.1, 0.15) is 38.5 Å².